The predicted molar refractivity (Wildman–Crippen MR) is 234 cm³/mol. The number of rotatable bonds is 5. The molecule has 1 spiro atoms. The van der Waals surface area contributed by atoms with Gasteiger partial charge in [-0.3, -0.25) is 9.59 Å². The van der Waals surface area contributed by atoms with E-state index in [1.807, 2.05) is 53.0 Å². The van der Waals surface area contributed by atoms with Crippen molar-refractivity contribution in [2.45, 2.75) is 5.41 Å². The Morgan fingerprint density at radius 2 is 0.948 bits per heavy atom. The molecule has 272 valence electrons. The molecule has 0 aliphatic heterocycles. The average Bonchev–Trinajstić information content (AvgIpc) is 3.97. The van der Waals surface area contributed by atoms with Crippen LogP contribution in [0.1, 0.15) is 22.4 Å². The van der Waals surface area contributed by atoms with Gasteiger partial charge in [-0.2, -0.15) is 4.52 Å². The van der Waals surface area contributed by atoms with Gasteiger partial charge < -0.3 is 4.90 Å². The maximum Gasteiger partial charge on any atom is 0.282 e. The average molecular weight is 744 g/mol. The Kier molecular flexibility index (Phi) is 6.79. The van der Waals surface area contributed by atoms with E-state index in [0.29, 0.717) is 10.9 Å². The lowest BCUT2D eigenvalue weighted by molar-refractivity contribution is 0.692. The Balaban J connectivity index is 1.17. The number of para-hydroxylation sites is 1. The molecule has 1 unspecified atom stereocenters. The molecule has 8 aromatic carbocycles. The number of benzene rings is 8. The second kappa shape index (κ2) is 12.1. The van der Waals surface area contributed by atoms with Crippen molar-refractivity contribution in [3.05, 3.63) is 243 Å². The van der Waals surface area contributed by atoms with E-state index in [9.17, 15) is 9.59 Å². The van der Waals surface area contributed by atoms with E-state index in [4.69, 9.17) is 0 Å². The molecule has 0 amide bonds. The largest absolute Gasteiger partial charge is 0.310 e. The van der Waals surface area contributed by atoms with Crippen LogP contribution in [0.2, 0.25) is 0 Å². The second-order valence-electron chi connectivity index (χ2n) is 15.2. The number of fused-ring (bicyclic) bond motifs is 14. The fraction of sp³-hybridized carbons (Fsp3) is 0.0189. The first-order valence-electron chi connectivity index (χ1n) is 19.6. The van der Waals surface area contributed by atoms with Crippen molar-refractivity contribution >= 4 is 28.0 Å². The Morgan fingerprint density at radius 1 is 0.397 bits per heavy atom. The molecule has 2 aromatic heterocycles. The first-order chi connectivity index (χ1) is 28.6. The minimum Gasteiger partial charge on any atom is -0.310 e. The van der Waals surface area contributed by atoms with Crippen LogP contribution < -0.4 is 16.0 Å². The lowest BCUT2D eigenvalue weighted by atomic mass is 9.72. The Hall–Kier alpha value is -7.76. The van der Waals surface area contributed by atoms with Crippen molar-refractivity contribution in [2.24, 2.45) is 0 Å². The molecule has 0 saturated heterocycles. The van der Waals surface area contributed by atoms with Gasteiger partial charge >= 0.3 is 0 Å². The number of anilines is 3. The molecular weight excluding hydrogens is 711 g/mol. The van der Waals surface area contributed by atoms with Gasteiger partial charge in [-0.25, -0.2) is 4.52 Å². The maximum atomic E-state index is 14.7. The summed E-state index contributed by atoms with van der Waals surface area (Å²) in [5.41, 5.74) is 14.5. The Bertz CT molecular complexity index is 3390. The molecule has 0 bridgehead atoms. The third-order valence-corrected chi connectivity index (χ3v) is 12.3. The summed E-state index contributed by atoms with van der Waals surface area (Å²) >= 11 is 0. The van der Waals surface area contributed by atoms with Crippen LogP contribution in [0.25, 0.3) is 55.4 Å². The van der Waals surface area contributed by atoms with Gasteiger partial charge in [0.1, 0.15) is 0 Å². The van der Waals surface area contributed by atoms with Gasteiger partial charge in [-0.15, -0.1) is 0 Å². The lowest BCUT2D eigenvalue weighted by Crippen LogP contribution is -2.29. The first kappa shape index (κ1) is 32.5. The topological polar surface area (TPSA) is 46.2 Å². The molecular formula is C53H33N3O2. The van der Waals surface area contributed by atoms with Crippen LogP contribution in [-0.4, -0.2) is 9.03 Å². The zero-order valence-corrected chi connectivity index (χ0v) is 31.2. The summed E-state index contributed by atoms with van der Waals surface area (Å²) in [6, 6.07) is 69.5. The minimum atomic E-state index is -0.884. The van der Waals surface area contributed by atoms with Crippen LogP contribution in [0.3, 0.4) is 0 Å². The van der Waals surface area contributed by atoms with Gasteiger partial charge in [-0.1, -0.05) is 158 Å². The van der Waals surface area contributed by atoms with Crippen LogP contribution in [-0.2, 0) is 5.41 Å². The SMILES string of the molecule is O=c1c2c(n3c4ccccc4c(=O)n13)C1(c3ccccc3-c3c(N(c4ccc(-c5ccccc5)cc4)c4cccc(-c5ccccc5)c4)cccc31)c1ccccc1-2. The zero-order valence-electron chi connectivity index (χ0n) is 31.2. The summed E-state index contributed by atoms with van der Waals surface area (Å²) in [5, 5.41) is 0.525. The van der Waals surface area contributed by atoms with Gasteiger partial charge in [0.05, 0.1) is 33.3 Å². The van der Waals surface area contributed by atoms with E-state index in [0.717, 1.165) is 83.9 Å². The van der Waals surface area contributed by atoms with Gasteiger partial charge in [0, 0.05) is 16.9 Å². The minimum absolute atomic E-state index is 0.291. The van der Waals surface area contributed by atoms with E-state index >= 15 is 0 Å². The molecule has 58 heavy (non-hydrogen) atoms. The molecule has 0 fully saturated rings. The number of aromatic nitrogens is 2. The molecule has 2 aliphatic rings. The lowest BCUT2D eigenvalue weighted by Gasteiger charge is -2.31. The molecule has 2 heterocycles. The maximum absolute atomic E-state index is 14.7. The zero-order chi connectivity index (χ0) is 38.5. The normalized spacial score (nSPS) is 14.8. The third kappa shape index (κ3) is 4.25. The van der Waals surface area contributed by atoms with Crippen molar-refractivity contribution in [3.63, 3.8) is 0 Å². The summed E-state index contributed by atoms with van der Waals surface area (Å²) in [4.78, 5) is 31.1. The predicted octanol–water partition coefficient (Wildman–Crippen LogP) is 11.5. The fourth-order valence-electron chi connectivity index (χ4n) is 9.97. The standard InChI is InChI=1S/C53H33N3O2/c57-51-42-23-9-12-27-46(42)55-50-49(52(58)56(51)55)41-22-8-11-25-44(41)53(50)43-24-10-7-21-40(43)48-45(53)26-14-28-47(48)54(38-31-29-36(30-32-38)34-15-3-1-4-16-34)39-20-13-19-37(33-39)35-17-5-2-6-18-35/h1-33H. The van der Waals surface area contributed by atoms with E-state index < -0.39 is 5.41 Å². The smallest absolute Gasteiger partial charge is 0.282 e. The monoisotopic (exact) mass is 743 g/mol. The van der Waals surface area contributed by atoms with Gasteiger partial charge in [0.2, 0.25) is 0 Å². The summed E-state index contributed by atoms with van der Waals surface area (Å²) in [7, 11) is 0. The highest BCUT2D eigenvalue weighted by molar-refractivity contribution is 6.01. The van der Waals surface area contributed by atoms with E-state index in [2.05, 4.69) is 157 Å². The van der Waals surface area contributed by atoms with Crippen LogP contribution in [0.15, 0.2) is 210 Å². The summed E-state index contributed by atoms with van der Waals surface area (Å²) in [6.45, 7) is 0. The highest BCUT2D eigenvalue weighted by Crippen LogP contribution is 2.64. The van der Waals surface area contributed by atoms with Gasteiger partial charge in [-0.05, 0) is 92.5 Å². The van der Waals surface area contributed by atoms with Crippen molar-refractivity contribution in [3.8, 4) is 44.5 Å². The molecule has 0 radical (unpaired) electrons. The van der Waals surface area contributed by atoms with Crippen LogP contribution in [0.5, 0.6) is 0 Å². The van der Waals surface area contributed by atoms with E-state index in [1.54, 1.807) is 0 Å². The Morgan fingerprint density at radius 3 is 1.67 bits per heavy atom. The second-order valence-corrected chi connectivity index (χ2v) is 15.2. The Labute approximate surface area is 333 Å². The fourth-order valence-corrected chi connectivity index (χ4v) is 9.97. The van der Waals surface area contributed by atoms with Crippen molar-refractivity contribution in [2.75, 3.05) is 4.90 Å². The van der Waals surface area contributed by atoms with Crippen LogP contribution in [0, 0.1) is 0 Å². The van der Waals surface area contributed by atoms with Crippen LogP contribution >= 0.6 is 0 Å². The molecule has 5 nitrogen and oxygen atoms in total. The molecule has 0 N–H and O–H groups in total. The van der Waals surface area contributed by atoms with Crippen molar-refractivity contribution in [1.29, 1.82) is 0 Å². The third-order valence-electron chi connectivity index (χ3n) is 12.3. The number of nitrogens with zero attached hydrogens (tertiary/aromatic N) is 3. The molecule has 2 aliphatic carbocycles. The molecule has 10 aromatic rings. The highest BCUT2D eigenvalue weighted by Gasteiger charge is 2.56. The van der Waals surface area contributed by atoms with E-state index in [-0.39, 0.29) is 11.1 Å². The molecule has 0 saturated carbocycles. The van der Waals surface area contributed by atoms with Crippen molar-refractivity contribution < 1.29 is 0 Å². The number of hydrogen-bond donors (Lipinski definition) is 0. The molecule has 5 heteroatoms. The summed E-state index contributed by atoms with van der Waals surface area (Å²) in [5.74, 6) is 0. The molecule has 12 rings (SSSR count). The highest BCUT2D eigenvalue weighted by atomic mass is 16.2. The van der Waals surface area contributed by atoms with Gasteiger partial charge in [0.25, 0.3) is 11.1 Å². The van der Waals surface area contributed by atoms with E-state index in [1.165, 1.54) is 4.52 Å². The van der Waals surface area contributed by atoms with Crippen LogP contribution in [0.4, 0.5) is 17.1 Å². The quantitative estimate of drug-likeness (QED) is 0.176. The number of hydrogen-bond acceptors (Lipinski definition) is 3. The first-order valence-corrected chi connectivity index (χ1v) is 19.6. The summed E-state index contributed by atoms with van der Waals surface area (Å²) < 4.78 is 3.27. The molecule has 1 atom stereocenters. The summed E-state index contributed by atoms with van der Waals surface area (Å²) in [6.07, 6.45) is 0. The van der Waals surface area contributed by atoms with Gasteiger partial charge in [0.15, 0.2) is 0 Å². The van der Waals surface area contributed by atoms with Crippen molar-refractivity contribution in [1.82, 2.24) is 9.03 Å².